The normalized spacial score (nSPS) is 16.7. The molecular formula is C20H33N2O3P. The van der Waals surface area contributed by atoms with E-state index in [1.807, 2.05) is 26.0 Å². The minimum Gasteiger partial charge on any atom is -0.367 e. The van der Waals surface area contributed by atoms with Gasteiger partial charge in [-0.1, -0.05) is 42.5 Å². The lowest BCUT2D eigenvalue weighted by Gasteiger charge is -2.27. The molecule has 5 nitrogen and oxygen atoms in total. The third-order valence-corrected chi connectivity index (χ3v) is 5.95. The fourth-order valence-corrected chi connectivity index (χ4v) is 3.40. The van der Waals surface area contributed by atoms with Gasteiger partial charge in [-0.05, 0) is 51.8 Å². The number of aryl methyl sites for hydroxylation is 1. The van der Waals surface area contributed by atoms with Crippen LogP contribution in [-0.2, 0) is 15.5 Å². The van der Waals surface area contributed by atoms with Crippen molar-refractivity contribution in [2.45, 2.75) is 33.1 Å². The van der Waals surface area contributed by atoms with Crippen LogP contribution in [0, 0.1) is 0 Å². The second-order valence-electron chi connectivity index (χ2n) is 6.37. The molecule has 0 spiro atoms. The van der Waals surface area contributed by atoms with Gasteiger partial charge in [0.15, 0.2) is 0 Å². The topological polar surface area (TPSA) is 53.0 Å². The van der Waals surface area contributed by atoms with Gasteiger partial charge in [0.2, 0.25) is 0 Å². The molecule has 26 heavy (non-hydrogen) atoms. The van der Waals surface area contributed by atoms with E-state index in [4.69, 9.17) is 0 Å². The van der Waals surface area contributed by atoms with Crippen LogP contribution < -0.4 is 4.90 Å². The molecule has 0 saturated heterocycles. The number of allylic oxidation sites excluding steroid dienone is 2. The maximum atomic E-state index is 11.7. The number of benzene rings is 1. The Morgan fingerprint density at radius 2 is 1.96 bits per heavy atom. The van der Waals surface area contributed by atoms with Crippen LogP contribution in [0.3, 0.4) is 0 Å². The summed E-state index contributed by atoms with van der Waals surface area (Å²) in [5.41, 5.74) is 3.83. The Morgan fingerprint density at radius 1 is 1.31 bits per heavy atom. The molecule has 1 aromatic carbocycles. The van der Waals surface area contributed by atoms with Crippen molar-refractivity contribution >= 4 is 13.4 Å². The standard InChI is InChI=1S/C16H25N2O3P.C4H8/c1-14-9-10-15-7-4-5-8-16(15)18(13-14)12-6-11-17(2)22(19,20)21-3;1-3-4-2/h4-5,7-8H,1,6,9-13H2,2-3H3,(H,19,20);3-4H,1-2H3/b;4-3-. The highest BCUT2D eigenvalue weighted by Gasteiger charge is 2.24. The first kappa shape index (κ1) is 22.7. The van der Waals surface area contributed by atoms with Gasteiger partial charge in [0.25, 0.3) is 0 Å². The van der Waals surface area contributed by atoms with E-state index in [1.54, 1.807) is 7.05 Å². The van der Waals surface area contributed by atoms with Gasteiger partial charge < -0.3 is 14.3 Å². The monoisotopic (exact) mass is 380 g/mol. The second-order valence-corrected chi connectivity index (χ2v) is 8.40. The summed E-state index contributed by atoms with van der Waals surface area (Å²) in [5.74, 6) is 0. The number of nitrogens with zero attached hydrogens (tertiary/aromatic N) is 2. The van der Waals surface area contributed by atoms with Gasteiger partial charge >= 0.3 is 7.75 Å². The van der Waals surface area contributed by atoms with Crippen molar-refractivity contribution in [1.29, 1.82) is 0 Å². The Balaban J connectivity index is 0.000000765. The van der Waals surface area contributed by atoms with Gasteiger partial charge in [0.05, 0.1) is 0 Å². The van der Waals surface area contributed by atoms with Gasteiger partial charge in [-0.3, -0.25) is 0 Å². The molecule has 0 aliphatic carbocycles. The fourth-order valence-electron chi connectivity index (χ4n) is 2.73. The molecule has 0 saturated carbocycles. The average molecular weight is 380 g/mol. The number of hydrogen-bond donors (Lipinski definition) is 1. The molecule has 0 radical (unpaired) electrons. The first-order chi connectivity index (χ1) is 12.4. The van der Waals surface area contributed by atoms with E-state index in [-0.39, 0.29) is 0 Å². The highest BCUT2D eigenvalue weighted by atomic mass is 31.2. The number of fused-ring (bicyclic) bond motifs is 1. The molecule has 1 aliphatic rings. The number of para-hydroxylation sites is 1. The molecule has 1 aliphatic heterocycles. The smallest absolute Gasteiger partial charge is 0.367 e. The van der Waals surface area contributed by atoms with Crippen LogP contribution >= 0.6 is 7.75 Å². The predicted octanol–water partition coefficient (Wildman–Crippen LogP) is 4.65. The summed E-state index contributed by atoms with van der Waals surface area (Å²) in [5, 5.41) is 0. The van der Waals surface area contributed by atoms with Crippen LogP contribution in [0.1, 0.15) is 32.3 Å². The molecule has 0 aromatic heterocycles. The Kier molecular flexibility index (Phi) is 9.89. The van der Waals surface area contributed by atoms with Gasteiger partial charge in [0.1, 0.15) is 0 Å². The maximum Gasteiger partial charge on any atom is 0.405 e. The van der Waals surface area contributed by atoms with Crippen LogP contribution in [0.25, 0.3) is 0 Å². The van der Waals surface area contributed by atoms with Crippen molar-refractivity contribution in [3.05, 3.63) is 54.1 Å². The lowest BCUT2D eigenvalue weighted by Crippen LogP contribution is -2.29. The molecule has 1 atom stereocenters. The molecule has 1 aromatic rings. The van der Waals surface area contributed by atoms with Crippen molar-refractivity contribution in [2.24, 2.45) is 0 Å². The van der Waals surface area contributed by atoms with Crippen molar-refractivity contribution in [3.8, 4) is 0 Å². The summed E-state index contributed by atoms with van der Waals surface area (Å²) in [7, 11) is -0.757. The van der Waals surface area contributed by atoms with Crippen molar-refractivity contribution in [1.82, 2.24) is 4.67 Å². The summed E-state index contributed by atoms with van der Waals surface area (Å²) in [4.78, 5) is 11.9. The molecule has 0 bridgehead atoms. The first-order valence-electron chi connectivity index (χ1n) is 9.02. The predicted molar refractivity (Wildman–Crippen MR) is 111 cm³/mol. The van der Waals surface area contributed by atoms with E-state index in [2.05, 4.69) is 40.3 Å². The van der Waals surface area contributed by atoms with Crippen LogP contribution in [0.2, 0.25) is 0 Å². The third-order valence-electron chi connectivity index (χ3n) is 4.41. The van der Waals surface area contributed by atoms with Gasteiger partial charge in [-0.25, -0.2) is 9.24 Å². The van der Waals surface area contributed by atoms with E-state index in [9.17, 15) is 9.46 Å². The summed E-state index contributed by atoms with van der Waals surface area (Å²) in [6, 6.07) is 8.43. The minimum absolute atomic E-state index is 0.507. The van der Waals surface area contributed by atoms with Crippen LogP contribution in [-0.4, -0.2) is 43.4 Å². The SMILES string of the molecule is C/C=C\C.C=C1CCc2ccccc2N(CCCN(C)P(=O)(O)OC)C1. The lowest BCUT2D eigenvalue weighted by molar-refractivity contribution is 0.251. The van der Waals surface area contributed by atoms with E-state index in [1.165, 1.54) is 28.6 Å². The second kappa shape index (κ2) is 11.3. The molecule has 146 valence electrons. The van der Waals surface area contributed by atoms with Crippen molar-refractivity contribution in [2.75, 3.05) is 38.7 Å². The zero-order chi connectivity index (χ0) is 19.6. The van der Waals surface area contributed by atoms with E-state index in [0.29, 0.717) is 6.54 Å². The van der Waals surface area contributed by atoms with Crippen LogP contribution in [0.15, 0.2) is 48.6 Å². The zero-order valence-electron chi connectivity index (χ0n) is 16.5. The Hall–Kier alpha value is -1.39. The molecular weight excluding hydrogens is 347 g/mol. The largest absolute Gasteiger partial charge is 0.405 e. The fraction of sp³-hybridized carbons (Fsp3) is 0.500. The van der Waals surface area contributed by atoms with Crippen LogP contribution in [0.5, 0.6) is 0 Å². The van der Waals surface area contributed by atoms with Gasteiger partial charge in [0, 0.05) is 32.4 Å². The summed E-state index contributed by atoms with van der Waals surface area (Å²) >= 11 is 0. The highest BCUT2D eigenvalue weighted by Crippen LogP contribution is 2.43. The number of rotatable bonds is 6. The van der Waals surface area contributed by atoms with Crippen molar-refractivity contribution < 1.29 is 14.0 Å². The first-order valence-corrected chi connectivity index (χ1v) is 10.6. The third kappa shape index (κ3) is 7.08. The Bertz CT molecular complexity index is 642. The molecule has 0 fully saturated rings. The molecule has 2 rings (SSSR count). The quantitative estimate of drug-likeness (QED) is 0.575. The summed E-state index contributed by atoms with van der Waals surface area (Å²) < 4.78 is 17.7. The molecule has 6 heteroatoms. The molecule has 0 amide bonds. The number of anilines is 1. The minimum atomic E-state index is -3.62. The lowest BCUT2D eigenvalue weighted by atomic mass is 10.1. The Morgan fingerprint density at radius 3 is 2.58 bits per heavy atom. The highest BCUT2D eigenvalue weighted by molar-refractivity contribution is 7.50. The van der Waals surface area contributed by atoms with Crippen LogP contribution in [0.4, 0.5) is 5.69 Å². The van der Waals surface area contributed by atoms with E-state index >= 15 is 0 Å². The molecule has 1 N–H and O–H groups in total. The molecule has 1 heterocycles. The zero-order valence-corrected chi connectivity index (χ0v) is 17.4. The summed E-state index contributed by atoms with van der Waals surface area (Å²) in [6.45, 7) is 10.3. The maximum absolute atomic E-state index is 11.7. The van der Waals surface area contributed by atoms with E-state index in [0.717, 1.165) is 32.4 Å². The number of hydrogen-bond acceptors (Lipinski definition) is 3. The Labute approximate surface area is 158 Å². The summed E-state index contributed by atoms with van der Waals surface area (Å²) in [6.07, 6.45) is 6.83. The van der Waals surface area contributed by atoms with E-state index < -0.39 is 7.75 Å². The van der Waals surface area contributed by atoms with Gasteiger partial charge in [-0.15, -0.1) is 0 Å². The van der Waals surface area contributed by atoms with Gasteiger partial charge in [-0.2, -0.15) is 0 Å². The van der Waals surface area contributed by atoms with Crippen molar-refractivity contribution in [3.63, 3.8) is 0 Å². The molecule has 1 unspecified atom stereocenters. The average Bonchev–Trinajstić information content (AvgIpc) is 2.81.